The molecule has 5 heteroatoms. The zero-order valence-corrected chi connectivity index (χ0v) is 11.6. The van der Waals surface area contributed by atoms with Gasteiger partial charge in [0, 0.05) is 17.6 Å². The van der Waals surface area contributed by atoms with Gasteiger partial charge in [-0.3, -0.25) is 9.69 Å². The number of aromatic hydroxyl groups is 1. The molecule has 2 N–H and O–H groups in total. The van der Waals surface area contributed by atoms with Crippen molar-refractivity contribution in [2.75, 3.05) is 20.1 Å². The van der Waals surface area contributed by atoms with Crippen LogP contribution in [-0.2, 0) is 11.3 Å². The highest BCUT2D eigenvalue weighted by molar-refractivity contribution is 9.10. The lowest BCUT2D eigenvalue weighted by Crippen LogP contribution is -2.34. The van der Waals surface area contributed by atoms with Crippen LogP contribution in [0.2, 0.25) is 0 Å². The van der Waals surface area contributed by atoms with E-state index in [9.17, 15) is 9.90 Å². The number of phenols is 1. The van der Waals surface area contributed by atoms with Crippen molar-refractivity contribution in [1.29, 1.82) is 0 Å². The van der Waals surface area contributed by atoms with E-state index in [0.717, 1.165) is 10.0 Å². The highest BCUT2D eigenvalue weighted by Crippen LogP contribution is 2.22. The Bertz CT molecular complexity index is 396. The van der Waals surface area contributed by atoms with Gasteiger partial charge in [0.25, 0.3) is 0 Å². The summed E-state index contributed by atoms with van der Waals surface area (Å²) in [6.45, 7) is 3.48. The largest absolute Gasteiger partial charge is 0.508 e. The van der Waals surface area contributed by atoms with Crippen molar-refractivity contribution in [3.63, 3.8) is 0 Å². The van der Waals surface area contributed by atoms with Crippen molar-refractivity contribution in [3.8, 4) is 5.75 Å². The third-order valence-electron chi connectivity index (χ3n) is 2.26. The van der Waals surface area contributed by atoms with E-state index in [1.165, 1.54) is 0 Å². The minimum atomic E-state index is 0.00581. The maximum absolute atomic E-state index is 11.4. The van der Waals surface area contributed by atoms with Crippen LogP contribution >= 0.6 is 15.9 Å². The van der Waals surface area contributed by atoms with Crippen molar-refractivity contribution in [1.82, 2.24) is 10.2 Å². The molecule has 1 rings (SSSR count). The number of carbonyl (C=O) groups excluding carboxylic acids is 1. The average Bonchev–Trinajstić information content (AvgIpc) is 2.23. The van der Waals surface area contributed by atoms with E-state index in [0.29, 0.717) is 19.6 Å². The second kappa shape index (κ2) is 6.61. The fourth-order valence-corrected chi connectivity index (χ4v) is 1.90. The van der Waals surface area contributed by atoms with Crippen LogP contribution in [0.25, 0.3) is 0 Å². The summed E-state index contributed by atoms with van der Waals surface area (Å²) in [4.78, 5) is 13.3. The third kappa shape index (κ3) is 4.75. The molecule has 94 valence electrons. The van der Waals surface area contributed by atoms with E-state index in [2.05, 4.69) is 21.2 Å². The molecule has 1 amide bonds. The number of hydrogen-bond donors (Lipinski definition) is 2. The van der Waals surface area contributed by atoms with E-state index < -0.39 is 0 Å². The molecule has 0 radical (unpaired) electrons. The van der Waals surface area contributed by atoms with Gasteiger partial charge in [0.1, 0.15) is 5.75 Å². The van der Waals surface area contributed by atoms with Gasteiger partial charge < -0.3 is 10.4 Å². The number of hydrogen-bond acceptors (Lipinski definition) is 3. The Hall–Kier alpha value is -1.07. The average molecular weight is 301 g/mol. The summed E-state index contributed by atoms with van der Waals surface area (Å²) in [6.07, 6.45) is 0. The lowest BCUT2D eigenvalue weighted by atomic mass is 10.2. The Morgan fingerprint density at radius 1 is 1.53 bits per heavy atom. The lowest BCUT2D eigenvalue weighted by Gasteiger charge is -2.17. The summed E-state index contributed by atoms with van der Waals surface area (Å²) < 4.78 is 0.929. The number of benzene rings is 1. The van der Waals surface area contributed by atoms with Crippen LogP contribution in [0, 0.1) is 0 Å². The van der Waals surface area contributed by atoms with Crippen LogP contribution in [-0.4, -0.2) is 36.1 Å². The van der Waals surface area contributed by atoms with Gasteiger partial charge in [-0.1, -0.05) is 15.9 Å². The van der Waals surface area contributed by atoms with Gasteiger partial charge in [0.15, 0.2) is 0 Å². The highest BCUT2D eigenvalue weighted by Gasteiger charge is 2.08. The topological polar surface area (TPSA) is 52.6 Å². The molecule has 0 bridgehead atoms. The Morgan fingerprint density at radius 2 is 2.24 bits per heavy atom. The SMILES string of the molecule is CCNC(=O)CN(C)Cc1cc(O)ccc1Br. The molecule has 0 spiro atoms. The molecule has 17 heavy (non-hydrogen) atoms. The first kappa shape index (κ1) is 14.0. The number of nitrogens with one attached hydrogen (secondary N) is 1. The molecular formula is C12H17BrN2O2. The number of carbonyl (C=O) groups is 1. The summed E-state index contributed by atoms with van der Waals surface area (Å²) in [6, 6.07) is 5.11. The van der Waals surface area contributed by atoms with Crippen LogP contribution in [0.5, 0.6) is 5.75 Å². The zero-order chi connectivity index (χ0) is 12.8. The Balaban J connectivity index is 2.58. The molecule has 0 aliphatic heterocycles. The molecule has 4 nitrogen and oxygen atoms in total. The molecule has 1 aromatic carbocycles. The van der Waals surface area contributed by atoms with E-state index in [-0.39, 0.29) is 11.7 Å². The fraction of sp³-hybridized carbons (Fsp3) is 0.417. The molecule has 0 saturated heterocycles. The Morgan fingerprint density at radius 3 is 2.88 bits per heavy atom. The normalized spacial score (nSPS) is 10.6. The number of phenolic OH excluding ortho intramolecular Hbond substituents is 1. The van der Waals surface area contributed by atoms with E-state index in [1.54, 1.807) is 18.2 Å². The summed E-state index contributed by atoms with van der Waals surface area (Å²) in [5, 5.41) is 12.1. The second-order valence-electron chi connectivity index (χ2n) is 3.90. The van der Waals surface area contributed by atoms with Crippen molar-refractivity contribution in [2.45, 2.75) is 13.5 Å². The third-order valence-corrected chi connectivity index (χ3v) is 3.03. The fourth-order valence-electron chi connectivity index (χ4n) is 1.53. The lowest BCUT2D eigenvalue weighted by molar-refractivity contribution is -0.121. The number of likely N-dealkylation sites (N-methyl/N-ethyl adjacent to an activating group) is 2. The van der Waals surface area contributed by atoms with Crippen LogP contribution in [0.1, 0.15) is 12.5 Å². The van der Waals surface area contributed by atoms with Crippen LogP contribution < -0.4 is 5.32 Å². The van der Waals surface area contributed by atoms with Crippen molar-refractivity contribution in [3.05, 3.63) is 28.2 Å². The van der Waals surface area contributed by atoms with Gasteiger partial charge in [-0.05, 0) is 37.7 Å². The van der Waals surface area contributed by atoms with Gasteiger partial charge in [0.05, 0.1) is 6.54 Å². The summed E-state index contributed by atoms with van der Waals surface area (Å²) in [7, 11) is 1.87. The predicted molar refractivity (Wildman–Crippen MR) is 70.8 cm³/mol. The smallest absolute Gasteiger partial charge is 0.234 e. The number of halogens is 1. The minimum Gasteiger partial charge on any atom is -0.508 e. The van der Waals surface area contributed by atoms with E-state index in [4.69, 9.17) is 0 Å². The predicted octanol–water partition coefficient (Wildman–Crippen LogP) is 1.72. The summed E-state index contributed by atoms with van der Waals surface area (Å²) in [5.74, 6) is 0.237. The van der Waals surface area contributed by atoms with E-state index in [1.807, 2.05) is 18.9 Å². The number of rotatable bonds is 5. The summed E-state index contributed by atoms with van der Waals surface area (Å²) >= 11 is 3.42. The van der Waals surface area contributed by atoms with Crippen molar-refractivity contribution < 1.29 is 9.90 Å². The molecule has 0 saturated carbocycles. The Kier molecular flexibility index (Phi) is 5.44. The molecule has 0 unspecified atom stereocenters. The van der Waals surface area contributed by atoms with Crippen molar-refractivity contribution >= 4 is 21.8 Å². The van der Waals surface area contributed by atoms with Gasteiger partial charge in [-0.15, -0.1) is 0 Å². The molecule has 0 aromatic heterocycles. The van der Waals surface area contributed by atoms with Crippen LogP contribution in [0.4, 0.5) is 0 Å². The Labute approximate surface area is 110 Å². The molecule has 1 aromatic rings. The molecule has 0 aliphatic rings. The molecule has 0 fully saturated rings. The molecule has 0 aliphatic carbocycles. The standard InChI is InChI=1S/C12H17BrN2O2/c1-3-14-12(17)8-15(2)7-9-6-10(16)4-5-11(9)13/h4-6,16H,3,7-8H2,1-2H3,(H,14,17). The summed E-state index contributed by atoms with van der Waals surface area (Å²) in [5.41, 5.74) is 0.955. The maximum atomic E-state index is 11.4. The van der Waals surface area contributed by atoms with Gasteiger partial charge in [-0.25, -0.2) is 0 Å². The first-order chi connectivity index (χ1) is 8.02. The molecule has 0 heterocycles. The number of nitrogens with zero attached hydrogens (tertiary/aromatic N) is 1. The molecular weight excluding hydrogens is 284 g/mol. The van der Waals surface area contributed by atoms with Gasteiger partial charge >= 0.3 is 0 Å². The second-order valence-corrected chi connectivity index (χ2v) is 4.76. The van der Waals surface area contributed by atoms with Gasteiger partial charge in [0.2, 0.25) is 5.91 Å². The first-order valence-electron chi connectivity index (χ1n) is 5.45. The molecule has 0 atom stereocenters. The zero-order valence-electron chi connectivity index (χ0n) is 10.0. The monoisotopic (exact) mass is 300 g/mol. The number of amides is 1. The van der Waals surface area contributed by atoms with Crippen molar-refractivity contribution in [2.24, 2.45) is 0 Å². The first-order valence-corrected chi connectivity index (χ1v) is 6.25. The van der Waals surface area contributed by atoms with Crippen LogP contribution in [0.15, 0.2) is 22.7 Å². The van der Waals surface area contributed by atoms with Crippen LogP contribution in [0.3, 0.4) is 0 Å². The van der Waals surface area contributed by atoms with Gasteiger partial charge in [-0.2, -0.15) is 0 Å². The maximum Gasteiger partial charge on any atom is 0.234 e. The minimum absolute atomic E-state index is 0.00581. The highest BCUT2D eigenvalue weighted by atomic mass is 79.9. The van der Waals surface area contributed by atoms with E-state index >= 15 is 0 Å². The quantitative estimate of drug-likeness (QED) is 0.871.